The van der Waals surface area contributed by atoms with Crippen LogP contribution in [0.4, 0.5) is 0 Å². The number of hydrogen-bond donors (Lipinski definition) is 1. The Hall–Kier alpha value is -1.38. The molecule has 1 N–H and O–H groups in total. The van der Waals surface area contributed by atoms with Crippen molar-refractivity contribution in [2.24, 2.45) is 5.92 Å². The molecule has 0 radical (unpaired) electrons. The minimum atomic E-state index is -3.70. The average Bonchev–Trinajstić information content (AvgIpc) is 2.55. The van der Waals surface area contributed by atoms with Gasteiger partial charge in [0.15, 0.2) is 0 Å². The van der Waals surface area contributed by atoms with Crippen molar-refractivity contribution >= 4 is 10.0 Å². The van der Waals surface area contributed by atoms with Crippen LogP contribution in [0.15, 0.2) is 29.2 Å². The molecule has 2 rings (SSSR count). The first-order valence-electron chi connectivity index (χ1n) is 8.34. The Labute approximate surface area is 140 Å². The van der Waals surface area contributed by atoms with Crippen molar-refractivity contribution in [3.05, 3.63) is 29.8 Å². The zero-order valence-corrected chi connectivity index (χ0v) is 15.0. The van der Waals surface area contributed by atoms with E-state index in [0.717, 1.165) is 0 Å². The normalized spacial score (nSPS) is 19.3. The molecule has 0 bridgehead atoms. The lowest BCUT2D eigenvalue weighted by atomic mass is 9.84. The molecule has 126 valence electrons. The number of benzene rings is 1. The molecule has 1 fully saturated rings. The van der Waals surface area contributed by atoms with Crippen LogP contribution in [0.2, 0.25) is 0 Å². The Kier molecular flexibility index (Phi) is 5.49. The molecule has 0 aromatic heterocycles. The minimum Gasteiger partial charge on any atom is -0.207 e. The van der Waals surface area contributed by atoms with E-state index in [9.17, 15) is 13.7 Å². The van der Waals surface area contributed by atoms with Crippen LogP contribution in [-0.2, 0) is 10.0 Å². The molecule has 4 nitrogen and oxygen atoms in total. The van der Waals surface area contributed by atoms with Gasteiger partial charge < -0.3 is 0 Å². The zero-order valence-electron chi connectivity index (χ0n) is 14.2. The number of nitrogens with zero attached hydrogens (tertiary/aromatic N) is 1. The van der Waals surface area contributed by atoms with Gasteiger partial charge in [0.25, 0.3) is 0 Å². The minimum absolute atomic E-state index is 0.121. The third-order valence-corrected chi connectivity index (χ3v) is 6.59. The predicted molar refractivity (Wildman–Crippen MR) is 91.4 cm³/mol. The summed E-state index contributed by atoms with van der Waals surface area (Å²) in [5.74, 6) is 0.428. The lowest BCUT2D eigenvalue weighted by Crippen LogP contribution is -2.48. The molecular weight excluding hydrogens is 308 g/mol. The van der Waals surface area contributed by atoms with Gasteiger partial charge in [0, 0.05) is 0 Å². The van der Waals surface area contributed by atoms with E-state index in [1.807, 2.05) is 26.0 Å². The molecule has 1 aliphatic carbocycles. The fraction of sp³-hybridized carbons (Fsp3) is 0.611. The summed E-state index contributed by atoms with van der Waals surface area (Å²) in [6.07, 6.45) is 6.17. The second-order valence-electron chi connectivity index (χ2n) is 6.98. The fourth-order valence-electron chi connectivity index (χ4n) is 2.96. The number of rotatable bonds is 5. The van der Waals surface area contributed by atoms with Gasteiger partial charge >= 0.3 is 0 Å². The number of nitriles is 1. The Morgan fingerprint density at radius 1 is 1.17 bits per heavy atom. The molecule has 1 aliphatic rings. The zero-order chi connectivity index (χ0) is 17.1. The van der Waals surface area contributed by atoms with Crippen LogP contribution in [-0.4, -0.2) is 14.0 Å². The van der Waals surface area contributed by atoms with E-state index in [-0.39, 0.29) is 10.8 Å². The number of hydrogen-bond acceptors (Lipinski definition) is 3. The van der Waals surface area contributed by atoms with E-state index in [2.05, 4.69) is 10.8 Å². The van der Waals surface area contributed by atoms with E-state index in [1.54, 1.807) is 19.1 Å². The van der Waals surface area contributed by atoms with Crippen LogP contribution in [0.3, 0.4) is 0 Å². The highest BCUT2D eigenvalue weighted by Gasteiger charge is 2.33. The van der Waals surface area contributed by atoms with E-state index >= 15 is 0 Å². The third kappa shape index (κ3) is 4.13. The summed E-state index contributed by atoms with van der Waals surface area (Å²) in [4.78, 5) is 0.221. The lowest BCUT2D eigenvalue weighted by molar-refractivity contribution is 0.388. The van der Waals surface area contributed by atoms with Crippen molar-refractivity contribution in [1.82, 2.24) is 4.72 Å². The molecule has 0 unspecified atom stereocenters. The lowest BCUT2D eigenvalue weighted by Gasteiger charge is -2.27. The first-order chi connectivity index (χ1) is 10.8. The van der Waals surface area contributed by atoms with E-state index in [0.29, 0.717) is 5.92 Å². The van der Waals surface area contributed by atoms with Gasteiger partial charge in [-0.2, -0.15) is 9.98 Å². The van der Waals surface area contributed by atoms with Crippen LogP contribution in [0.5, 0.6) is 0 Å². The van der Waals surface area contributed by atoms with Gasteiger partial charge in [0.1, 0.15) is 5.54 Å². The summed E-state index contributed by atoms with van der Waals surface area (Å²) in [5, 5.41) is 9.30. The molecule has 1 atom stereocenters. The maximum absolute atomic E-state index is 12.5. The van der Waals surface area contributed by atoms with E-state index in [1.165, 1.54) is 37.7 Å². The van der Waals surface area contributed by atoms with Gasteiger partial charge in [-0.15, -0.1) is 0 Å². The van der Waals surface area contributed by atoms with E-state index in [4.69, 9.17) is 0 Å². The number of sulfonamides is 1. The maximum atomic E-state index is 12.5. The second-order valence-corrected chi connectivity index (χ2v) is 8.66. The van der Waals surface area contributed by atoms with Crippen molar-refractivity contribution in [3.63, 3.8) is 0 Å². The first kappa shape index (κ1) is 18.0. The molecular formula is C18H26N2O2S. The summed E-state index contributed by atoms with van der Waals surface area (Å²) < 4.78 is 27.6. The SMILES string of the molecule is CC(C)[C@@](C)(C#N)NS(=O)(=O)c1ccc(C2CCCCC2)cc1. The van der Waals surface area contributed by atoms with Crippen molar-refractivity contribution in [2.45, 2.75) is 69.2 Å². The topological polar surface area (TPSA) is 70.0 Å². The molecule has 0 aliphatic heterocycles. The highest BCUT2D eigenvalue weighted by Crippen LogP contribution is 2.33. The highest BCUT2D eigenvalue weighted by atomic mass is 32.2. The van der Waals surface area contributed by atoms with Crippen molar-refractivity contribution in [1.29, 1.82) is 5.26 Å². The van der Waals surface area contributed by atoms with Gasteiger partial charge in [0.05, 0.1) is 11.0 Å². The summed E-state index contributed by atoms with van der Waals surface area (Å²) >= 11 is 0. The highest BCUT2D eigenvalue weighted by molar-refractivity contribution is 7.89. The first-order valence-corrected chi connectivity index (χ1v) is 9.82. The second kappa shape index (κ2) is 7.02. The molecule has 5 heteroatoms. The molecule has 1 aromatic rings. The maximum Gasteiger partial charge on any atom is 0.241 e. The third-order valence-electron chi connectivity index (χ3n) is 5.00. The largest absolute Gasteiger partial charge is 0.241 e. The van der Waals surface area contributed by atoms with Crippen LogP contribution < -0.4 is 4.72 Å². The Morgan fingerprint density at radius 2 is 1.74 bits per heavy atom. The van der Waals surface area contributed by atoms with Gasteiger partial charge in [-0.3, -0.25) is 0 Å². The quantitative estimate of drug-likeness (QED) is 0.886. The average molecular weight is 334 g/mol. The molecule has 23 heavy (non-hydrogen) atoms. The fourth-order valence-corrected chi connectivity index (χ4v) is 4.41. The smallest absolute Gasteiger partial charge is 0.207 e. The number of nitrogens with one attached hydrogen (secondary N) is 1. The van der Waals surface area contributed by atoms with Crippen LogP contribution >= 0.6 is 0 Å². The molecule has 1 aromatic carbocycles. The molecule has 0 amide bonds. The Morgan fingerprint density at radius 3 is 2.22 bits per heavy atom. The predicted octanol–water partition coefficient (Wildman–Crippen LogP) is 3.95. The van der Waals surface area contributed by atoms with Crippen LogP contribution in [0.25, 0.3) is 0 Å². The van der Waals surface area contributed by atoms with E-state index < -0.39 is 15.6 Å². The van der Waals surface area contributed by atoms with Gasteiger partial charge in [-0.05, 0) is 49.3 Å². The van der Waals surface area contributed by atoms with Gasteiger partial charge in [-0.1, -0.05) is 45.2 Å². The molecule has 0 spiro atoms. The van der Waals surface area contributed by atoms with Crippen molar-refractivity contribution < 1.29 is 8.42 Å². The monoisotopic (exact) mass is 334 g/mol. The van der Waals surface area contributed by atoms with Crippen LogP contribution in [0.1, 0.15) is 64.4 Å². The van der Waals surface area contributed by atoms with Gasteiger partial charge in [-0.25, -0.2) is 8.42 Å². The molecule has 0 heterocycles. The van der Waals surface area contributed by atoms with Gasteiger partial charge in [0.2, 0.25) is 10.0 Å². The van der Waals surface area contributed by atoms with Crippen molar-refractivity contribution in [2.75, 3.05) is 0 Å². The Balaban J connectivity index is 2.19. The Bertz CT molecular complexity index is 668. The molecule has 1 saturated carbocycles. The summed E-state index contributed by atoms with van der Waals surface area (Å²) in [7, 11) is -3.70. The molecule has 0 saturated heterocycles. The summed E-state index contributed by atoms with van der Waals surface area (Å²) in [6.45, 7) is 5.28. The van der Waals surface area contributed by atoms with Crippen molar-refractivity contribution in [3.8, 4) is 6.07 Å². The summed E-state index contributed by atoms with van der Waals surface area (Å²) in [5.41, 5.74) is 0.108. The standard InChI is InChI=1S/C18H26N2O2S/c1-14(2)18(3,13-19)20-23(21,22)17-11-9-16(10-12-17)15-7-5-4-6-8-15/h9-12,14-15,20H,4-8H2,1-3H3/t18-/m1/s1. The summed E-state index contributed by atoms with van der Waals surface area (Å²) in [6, 6.07) is 9.23. The van der Waals surface area contributed by atoms with Crippen LogP contribution in [0, 0.1) is 17.2 Å².